The first-order chi connectivity index (χ1) is 11.0. The molecule has 0 bridgehead atoms. The number of hydrogen-bond acceptors (Lipinski definition) is 4. The van der Waals surface area contributed by atoms with Crippen molar-refractivity contribution >= 4 is 11.8 Å². The first-order valence-electron chi connectivity index (χ1n) is 8.11. The van der Waals surface area contributed by atoms with Crippen LogP contribution >= 0.6 is 0 Å². The van der Waals surface area contributed by atoms with E-state index >= 15 is 0 Å². The lowest BCUT2D eigenvalue weighted by Gasteiger charge is -2.11. The number of hydrogen-bond donors (Lipinski definition) is 2. The Hall–Kier alpha value is -2.17. The highest BCUT2D eigenvalue weighted by Crippen LogP contribution is 2.11. The maximum atomic E-state index is 13.6. The molecule has 0 unspecified atom stereocenters. The Labute approximate surface area is 137 Å². The fourth-order valence-electron chi connectivity index (χ4n) is 2.24. The topological polar surface area (TPSA) is 49.8 Å². The molecule has 2 N–H and O–H groups in total. The summed E-state index contributed by atoms with van der Waals surface area (Å²) in [5.41, 5.74) is 1.60. The summed E-state index contributed by atoms with van der Waals surface area (Å²) in [4.78, 5) is 8.83. The van der Waals surface area contributed by atoms with Gasteiger partial charge in [-0.1, -0.05) is 32.0 Å². The van der Waals surface area contributed by atoms with Crippen molar-refractivity contribution < 1.29 is 4.39 Å². The van der Waals surface area contributed by atoms with Gasteiger partial charge >= 0.3 is 0 Å². The standard InChI is InChI=1S/C18H25FN4/c1-13(2)8-10-20-17-12-14(3)22-18(23-17)21-11-9-15-6-4-5-7-16(15)19/h4-7,12-13H,8-11H2,1-3H3,(H2,20,21,22,23). The number of nitrogens with one attached hydrogen (secondary N) is 2. The van der Waals surface area contributed by atoms with E-state index in [1.807, 2.05) is 19.1 Å². The molecule has 0 saturated carbocycles. The predicted octanol–water partition coefficient (Wildman–Crippen LogP) is 4.04. The van der Waals surface area contributed by atoms with Crippen LogP contribution in [0, 0.1) is 18.7 Å². The molecule has 0 aliphatic heterocycles. The molecule has 1 heterocycles. The molecule has 2 aromatic rings. The molecule has 4 nitrogen and oxygen atoms in total. The lowest BCUT2D eigenvalue weighted by atomic mass is 10.1. The van der Waals surface area contributed by atoms with Gasteiger partial charge in [-0.2, -0.15) is 4.98 Å². The largest absolute Gasteiger partial charge is 0.370 e. The molecule has 0 saturated heterocycles. The molecule has 0 fully saturated rings. The molecular formula is C18H25FN4. The molecule has 1 aromatic carbocycles. The molecule has 2 rings (SSSR count). The Balaban J connectivity index is 1.89. The van der Waals surface area contributed by atoms with Crippen molar-refractivity contribution in [2.24, 2.45) is 5.92 Å². The lowest BCUT2D eigenvalue weighted by molar-refractivity contribution is 0.606. The van der Waals surface area contributed by atoms with Gasteiger partial charge in [-0.3, -0.25) is 0 Å². The zero-order valence-electron chi connectivity index (χ0n) is 14.1. The molecule has 1 aromatic heterocycles. The molecule has 0 amide bonds. The van der Waals surface area contributed by atoms with Crippen molar-refractivity contribution in [3.05, 3.63) is 47.4 Å². The van der Waals surface area contributed by atoms with Gasteiger partial charge in [0, 0.05) is 24.8 Å². The van der Waals surface area contributed by atoms with Crippen LogP contribution in [0.1, 0.15) is 31.5 Å². The molecule has 23 heavy (non-hydrogen) atoms. The van der Waals surface area contributed by atoms with E-state index < -0.39 is 0 Å². The molecule has 0 aliphatic rings. The first-order valence-corrected chi connectivity index (χ1v) is 8.11. The van der Waals surface area contributed by atoms with E-state index in [1.165, 1.54) is 6.07 Å². The molecule has 124 valence electrons. The minimum absolute atomic E-state index is 0.171. The number of nitrogens with zero attached hydrogens (tertiary/aromatic N) is 2. The summed E-state index contributed by atoms with van der Waals surface area (Å²) in [6.07, 6.45) is 1.69. The van der Waals surface area contributed by atoms with Crippen molar-refractivity contribution in [3.63, 3.8) is 0 Å². The molecular weight excluding hydrogens is 291 g/mol. The van der Waals surface area contributed by atoms with E-state index in [1.54, 1.807) is 12.1 Å². The molecule has 5 heteroatoms. The zero-order valence-corrected chi connectivity index (χ0v) is 14.1. The fourth-order valence-corrected chi connectivity index (χ4v) is 2.24. The van der Waals surface area contributed by atoms with Gasteiger partial charge in [0.05, 0.1) is 0 Å². The monoisotopic (exact) mass is 316 g/mol. The van der Waals surface area contributed by atoms with E-state index in [0.717, 1.165) is 24.5 Å². The quantitative estimate of drug-likeness (QED) is 0.772. The Bertz CT molecular complexity index is 628. The van der Waals surface area contributed by atoms with Gasteiger partial charge in [0.15, 0.2) is 0 Å². The highest BCUT2D eigenvalue weighted by molar-refractivity contribution is 5.42. The van der Waals surface area contributed by atoms with Crippen LogP contribution in [0.4, 0.5) is 16.2 Å². The summed E-state index contributed by atoms with van der Waals surface area (Å²) < 4.78 is 13.6. The van der Waals surface area contributed by atoms with Gasteiger partial charge < -0.3 is 10.6 Å². The van der Waals surface area contributed by atoms with Crippen LogP contribution in [-0.2, 0) is 6.42 Å². The summed E-state index contributed by atoms with van der Waals surface area (Å²) in [6, 6.07) is 8.76. The van der Waals surface area contributed by atoms with Crippen molar-refractivity contribution in [3.8, 4) is 0 Å². The van der Waals surface area contributed by atoms with Gasteiger partial charge in [0.1, 0.15) is 11.6 Å². The Morgan fingerprint density at radius 1 is 1.09 bits per heavy atom. The van der Waals surface area contributed by atoms with Crippen LogP contribution in [0.25, 0.3) is 0 Å². The van der Waals surface area contributed by atoms with Gasteiger partial charge in [0.2, 0.25) is 5.95 Å². The zero-order chi connectivity index (χ0) is 16.7. The van der Waals surface area contributed by atoms with E-state index in [4.69, 9.17) is 0 Å². The van der Waals surface area contributed by atoms with E-state index in [2.05, 4.69) is 34.4 Å². The van der Waals surface area contributed by atoms with E-state index in [9.17, 15) is 4.39 Å². The summed E-state index contributed by atoms with van der Waals surface area (Å²) >= 11 is 0. The average molecular weight is 316 g/mol. The van der Waals surface area contributed by atoms with Crippen LogP contribution in [0.2, 0.25) is 0 Å². The third-order valence-corrected chi connectivity index (χ3v) is 3.52. The second-order valence-corrected chi connectivity index (χ2v) is 6.10. The Morgan fingerprint density at radius 2 is 1.87 bits per heavy atom. The van der Waals surface area contributed by atoms with E-state index in [0.29, 0.717) is 30.4 Å². The maximum Gasteiger partial charge on any atom is 0.224 e. The number of rotatable bonds is 8. The van der Waals surface area contributed by atoms with Crippen LogP contribution in [0.5, 0.6) is 0 Å². The number of anilines is 2. The van der Waals surface area contributed by atoms with Crippen molar-refractivity contribution in [2.45, 2.75) is 33.6 Å². The average Bonchev–Trinajstić information content (AvgIpc) is 2.48. The third-order valence-electron chi connectivity index (χ3n) is 3.52. The van der Waals surface area contributed by atoms with Gasteiger partial charge in [0.25, 0.3) is 0 Å². The van der Waals surface area contributed by atoms with Crippen LogP contribution in [0.15, 0.2) is 30.3 Å². The minimum Gasteiger partial charge on any atom is -0.370 e. The van der Waals surface area contributed by atoms with Crippen molar-refractivity contribution in [1.29, 1.82) is 0 Å². The smallest absolute Gasteiger partial charge is 0.224 e. The third kappa shape index (κ3) is 5.85. The normalized spacial score (nSPS) is 10.8. The highest BCUT2D eigenvalue weighted by Gasteiger charge is 2.04. The molecule has 0 radical (unpaired) electrons. The summed E-state index contributed by atoms with van der Waals surface area (Å²) in [5.74, 6) is 1.89. The highest BCUT2D eigenvalue weighted by atomic mass is 19.1. The fraction of sp³-hybridized carbons (Fsp3) is 0.444. The Kier molecular flexibility index (Phi) is 6.32. The lowest BCUT2D eigenvalue weighted by Crippen LogP contribution is -2.12. The van der Waals surface area contributed by atoms with Gasteiger partial charge in [-0.25, -0.2) is 9.37 Å². The number of aryl methyl sites for hydroxylation is 1. The second kappa shape index (κ2) is 8.46. The van der Waals surface area contributed by atoms with Crippen LogP contribution in [0.3, 0.4) is 0 Å². The second-order valence-electron chi connectivity index (χ2n) is 6.10. The molecule has 0 aliphatic carbocycles. The van der Waals surface area contributed by atoms with E-state index in [-0.39, 0.29) is 5.82 Å². The SMILES string of the molecule is Cc1cc(NCCC(C)C)nc(NCCc2ccccc2F)n1. The minimum atomic E-state index is -0.171. The van der Waals surface area contributed by atoms with Gasteiger partial charge in [-0.15, -0.1) is 0 Å². The van der Waals surface area contributed by atoms with Crippen LogP contribution in [-0.4, -0.2) is 23.1 Å². The Morgan fingerprint density at radius 3 is 2.61 bits per heavy atom. The number of halogens is 1. The predicted molar refractivity (Wildman–Crippen MR) is 93.3 cm³/mol. The van der Waals surface area contributed by atoms with Crippen LogP contribution < -0.4 is 10.6 Å². The maximum absolute atomic E-state index is 13.6. The number of aromatic nitrogens is 2. The van der Waals surface area contributed by atoms with Crippen molar-refractivity contribution in [1.82, 2.24) is 9.97 Å². The first kappa shape index (κ1) is 17.2. The number of benzene rings is 1. The summed E-state index contributed by atoms with van der Waals surface area (Å²) in [5, 5.41) is 6.50. The molecule has 0 atom stereocenters. The summed E-state index contributed by atoms with van der Waals surface area (Å²) in [7, 11) is 0. The van der Waals surface area contributed by atoms with Crippen molar-refractivity contribution in [2.75, 3.05) is 23.7 Å². The summed E-state index contributed by atoms with van der Waals surface area (Å²) in [6.45, 7) is 7.82. The molecule has 0 spiro atoms. The van der Waals surface area contributed by atoms with Gasteiger partial charge in [-0.05, 0) is 37.3 Å².